The highest BCUT2D eigenvalue weighted by Gasteiger charge is 2.06. The molecule has 0 aliphatic rings. The molecular weight excluding hydrogens is 276 g/mol. The minimum absolute atomic E-state index is 0.550. The molecule has 0 atom stereocenters. The molecule has 112 valence electrons. The third kappa shape index (κ3) is 5.63. The zero-order valence-electron chi connectivity index (χ0n) is 12.2. The van der Waals surface area contributed by atoms with Gasteiger partial charge in [0.2, 0.25) is 0 Å². The van der Waals surface area contributed by atoms with E-state index < -0.39 is 0 Å². The normalized spacial score (nSPS) is 9.95. The smallest absolute Gasteiger partial charge is 0.170 e. The molecule has 2 N–H and O–H groups in total. The first kappa shape index (κ1) is 16.5. The fourth-order valence-corrected chi connectivity index (χ4v) is 1.79. The molecule has 0 bridgehead atoms. The van der Waals surface area contributed by atoms with E-state index in [1.165, 1.54) is 0 Å². The standard InChI is InChI=1S/C14H22N2O3S/c1-4-18-12-7-6-11(10-13(12)19-5-2)16-14(20)15-8-9-17-3/h6-7,10H,4-5,8-9H2,1-3H3,(H2,15,16,20). The van der Waals surface area contributed by atoms with Crippen molar-refractivity contribution >= 4 is 23.0 Å². The molecule has 0 aromatic heterocycles. The lowest BCUT2D eigenvalue weighted by Gasteiger charge is -2.14. The number of hydrogen-bond acceptors (Lipinski definition) is 4. The molecular formula is C14H22N2O3S. The predicted molar refractivity (Wildman–Crippen MR) is 84.9 cm³/mol. The molecule has 0 unspecified atom stereocenters. The van der Waals surface area contributed by atoms with Crippen molar-refractivity contribution in [1.82, 2.24) is 5.32 Å². The van der Waals surface area contributed by atoms with Crippen LogP contribution in [0.2, 0.25) is 0 Å². The van der Waals surface area contributed by atoms with Gasteiger partial charge in [0.1, 0.15) is 0 Å². The first-order valence-corrected chi connectivity index (χ1v) is 7.05. The summed E-state index contributed by atoms with van der Waals surface area (Å²) in [6, 6.07) is 5.64. The fourth-order valence-electron chi connectivity index (χ4n) is 1.57. The number of hydrogen-bond donors (Lipinski definition) is 2. The molecule has 1 rings (SSSR count). The van der Waals surface area contributed by atoms with Crippen LogP contribution in [-0.2, 0) is 4.74 Å². The highest BCUT2D eigenvalue weighted by Crippen LogP contribution is 2.30. The zero-order valence-corrected chi connectivity index (χ0v) is 13.0. The summed E-state index contributed by atoms with van der Waals surface area (Å²) in [6.45, 7) is 6.33. The van der Waals surface area contributed by atoms with Crippen molar-refractivity contribution in [2.45, 2.75) is 13.8 Å². The van der Waals surface area contributed by atoms with Gasteiger partial charge in [-0.1, -0.05) is 0 Å². The fraction of sp³-hybridized carbons (Fsp3) is 0.500. The van der Waals surface area contributed by atoms with E-state index in [4.69, 9.17) is 26.4 Å². The molecule has 5 nitrogen and oxygen atoms in total. The third-order valence-electron chi connectivity index (χ3n) is 2.39. The zero-order chi connectivity index (χ0) is 14.8. The first-order valence-electron chi connectivity index (χ1n) is 6.64. The molecule has 0 aliphatic carbocycles. The molecule has 0 heterocycles. The maximum absolute atomic E-state index is 5.56. The molecule has 0 spiro atoms. The highest BCUT2D eigenvalue weighted by molar-refractivity contribution is 7.80. The average Bonchev–Trinajstić information content (AvgIpc) is 2.42. The van der Waals surface area contributed by atoms with E-state index in [2.05, 4.69) is 10.6 Å². The number of nitrogens with one attached hydrogen (secondary N) is 2. The Morgan fingerprint density at radius 2 is 1.85 bits per heavy atom. The van der Waals surface area contributed by atoms with E-state index in [0.717, 1.165) is 11.4 Å². The van der Waals surface area contributed by atoms with Crippen molar-refractivity contribution in [3.8, 4) is 11.5 Å². The molecule has 0 aliphatic heterocycles. The number of benzene rings is 1. The SMILES string of the molecule is CCOc1ccc(NC(=S)NCCOC)cc1OCC. The number of anilines is 1. The minimum atomic E-state index is 0.550. The van der Waals surface area contributed by atoms with Gasteiger partial charge in [-0.05, 0) is 38.2 Å². The second kappa shape index (κ2) is 9.39. The molecule has 0 amide bonds. The molecule has 20 heavy (non-hydrogen) atoms. The Labute approximate surface area is 125 Å². The van der Waals surface area contributed by atoms with Gasteiger partial charge in [0, 0.05) is 25.4 Å². The summed E-state index contributed by atoms with van der Waals surface area (Å²) in [7, 11) is 1.65. The largest absolute Gasteiger partial charge is 0.490 e. The van der Waals surface area contributed by atoms with E-state index in [0.29, 0.717) is 37.2 Å². The van der Waals surface area contributed by atoms with Crippen molar-refractivity contribution in [2.24, 2.45) is 0 Å². The molecule has 0 radical (unpaired) electrons. The minimum Gasteiger partial charge on any atom is -0.490 e. The van der Waals surface area contributed by atoms with Gasteiger partial charge in [0.25, 0.3) is 0 Å². The summed E-state index contributed by atoms with van der Waals surface area (Å²) < 4.78 is 16.0. The van der Waals surface area contributed by atoms with Crippen molar-refractivity contribution < 1.29 is 14.2 Å². The van der Waals surface area contributed by atoms with E-state index in [9.17, 15) is 0 Å². The lowest BCUT2D eigenvalue weighted by atomic mass is 10.2. The summed E-state index contributed by atoms with van der Waals surface area (Å²) in [5.74, 6) is 1.44. The molecule has 0 fully saturated rings. The summed E-state index contributed by atoms with van der Waals surface area (Å²) in [5.41, 5.74) is 0.854. The Bertz CT molecular complexity index is 427. The molecule has 0 saturated carbocycles. The summed E-state index contributed by atoms with van der Waals surface area (Å²) in [4.78, 5) is 0. The van der Waals surface area contributed by atoms with Gasteiger partial charge in [0.05, 0.1) is 19.8 Å². The van der Waals surface area contributed by atoms with Gasteiger partial charge >= 0.3 is 0 Å². The lowest BCUT2D eigenvalue weighted by Crippen LogP contribution is -2.31. The summed E-state index contributed by atoms with van der Waals surface area (Å²) in [6.07, 6.45) is 0. The highest BCUT2D eigenvalue weighted by atomic mass is 32.1. The Balaban J connectivity index is 2.66. The van der Waals surface area contributed by atoms with Crippen molar-refractivity contribution in [3.63, 3.8) is 0 Å². The van der Waals surface area contributed by atoms with Gasteiger partial charge < -0.3 is 24.8 Å². The summed E-state index contributed by atoms with van der Waals surface area (Å²) >= 11 is 5.19. The summed E-state index contributed by atoms with van der Waals surface area (Å²) in [5, 5.41) is 6.69. The number of thiocarbonyl (C=S) groups is 1. The lowest BCUT2D eigenvalue weighted by molar-refractivity contribution is 0.204. The Hall–Kier alpha value is -1.53. The van der Waals surface area contributed by atoms with E-state index >= 15 is 0 Å². The third-order valence-corrected chi connectivity index (χ3v) is 2.64. The van der Waals surface area contributed by atoms with Crippen molar-refractivity contribution in [3.05, 3.63) is 18.2 Å². The van der Waals surface area contributed by atoms with E-state index in [1.54, 1.807) is 7.11 Å². The van der Waals surface area contributed by atoms with Crippen LogP contribution in [0.25, 0.3) is 0 Å². The van der Waals surface area contributed by atoms with Crippen LogP contribution in [0.3, 0.4) is 0 Å². The average molecular weight is 298 g/mol. The molecule has 6 heteroatoms. The van der Waals surface area contributed by atoms with Crippen molar-refractivity contribution in [2.75, 3.05) is 38.8 Å². The first-order chi connectivity index (χ1) is 9.71. The topological polar surface area (TPSA) is 51.8 Å². The number of methoxy groups -OCH3 is 1. The Morgan fingerprint density at radius 3 is 2.50 bits per heavy atom. The van der Waals surface area contributed by atoms with Crippen LogP contribution < -0.4 is 20.1 Å². The second-order valence-electron chi connectivity index (χ2n) is 3.90. The van der Waals surface area contributed by atoms with Crippen LogP contribution >= 0.6 is 12.2 Å². The maximum atomic E-state index is 5.56. The van der Waals surface area contributed by atoms with Crippen LogP contribution in [0.1, 0.15) is 13.8 Å². The molecule has 0 saturated heterocycles. The number of rotatable bonds is 8. The van der Waals surface area contributed by atoms with Gasteiger partial charge in [-0.25, -0.2) is 0 Å². The van der Waals surface area contributed by atoms with Gasteiger partial charge in [-0.2, -0.15) is 0 Å². The van der Waals surface area contributed by atoms with Crippen LogP contribution in [0, 0.1) is 0 Å². The van der Waals surface area contributed by atoms with E-state index in [1.807, 2.05) is 32.0 Å². The van der Waals surface area contributed by atoms with Crippen LogP contribution in [-0.4, -0.2) is 38.6 Å². The Kier molecular flexibility index (Phi) is 7.75. The van der Waals surface area contributed by atoms with Gasteiger partial charge in [-0.3, -0.25) is 0 Å². The number of ether oxygens (including phenoxy) is 3. The van der Waals surface area contributed by atoms with Crippen LogP contribution in [0.4, 0.5) is 5.69 Å². The quantitative estimate of drug-likeness (QED) is 0.568. The molecule has 1 aromatic rings. The predicted octanol–water partition coefficient (Wildman–Crippen LogP) is 2.42. The second-order valence-corrected chi connectivity index (χ2v) is 4.31. The Morgan fingerprint density at radius 1 is 1.15 bits per heavy atom. The monoisotopic (exact) mass is 298 g/mol. The maximum Gasteiger partial charge on any atom is 0.170 e. The van der Waals surface area contributed by atoms with Gasteiger partial charge in [0.15, 0.2) is 16.6 Å². The van der Waals surface area contributed by atoms with Crippen LogP contribution in [0.5, 0.6) is 11.5 Å². The molecule has 1 aromatic carbocycles. The van der Waals surface area contributed by atoms with Gasteiger partial charge in [-0.15, -0.1) is 0 Å². The van der Waals surface area contributed by atoms with Crippen LogP contribution in [0.15, 0.2) is 18.2 Å². The van der Waals surface area contributed by atoms with Crippen molar-refractivity contribution in [1.29, 1.82) is 0 Å². The van der Waals surface area contributed by atoms with E-state index in [-0.39, 0.29) is 0 Å².